The maximum Gasteiger partial charge on any atom is 0.257 e. The molecule has 0 N–H and O–H groups in total. The Labute approximate surface area is 168 Å². The van der Waals surface area contributed by atoms with E-state index in [1.165, 1.54) is 12.1 Å². The molecule has 1 unspecified atom stereocenters. The van der Waals surface area contributed by atoms with Crippen LogP contribution in [-0.4, -0.2) is 58.5 Å². The molecule has 0 bridgehead atoms. The SMILES string of the molecule is Cc1ncc(C(=O)N2CCCC3(C2)CN(c2cccc(F)c2)C(=O)CO3)c(C)n1. The fraction of sp³-hybridized carbons (Fsp3) is 0.429. The van der Waals surface area contributed by atoms with Crippen molar-refractivity contribution in [3.8, 4) is 0 Å². The molecule has 7 nitrogen and oxygen atoms in total. The molecule has 0 aliphatic carbocycles. The normalized spacial score (nSPS) is 22.2. The minimum absolute atomic E-state index is 0.0920. The van der Waals surface area contributed by atoms with Gasteiger partial charge in [-0.25, -0.2) is 14.4 Å². The van der Waals surface area contributed by atoms with Crippen molar-refractivity contribution in [2.24, 2.45) is 0 Å². The smallest absolute Gasteiger partial charge is 0.257 e. The third kappa shape index (κ3) is 3.85. The van der Waals surface area contributed by atoms with Crippen LogP contribution in [-0.2, 0) is 9.53 Å². The number of ether oxygens (including phenoxy) is 1. The van der Waals surface area contributed by atoms with Crippen LogP contribution in [0.5, 0.6) is 0 Å². The largest absolute Gasteiger partial charge is 0.361 e. The molecule has 152 valence electrons. The summed E-state index contributed by atoms with van der Waals surface area (Å²) in [7, 11) is 0. The Morgan fingerprint density at radius 1 is 1.28 bits per heavy atom. The molecule has 0 saturated carbocycles. The highest BCUT2D eigenvalue weighted by Gasteiger charge is 2.44. The first kappa shape index (κ1) is 19.4. The van der Waals surface area contributed by atoms with Crippen molar-refractivity contribution in [2.45, 2.75) is 32.3 Å². The molecule has 29 heavy (non-hydrogen) atoms. The molecule has 2 amide bonds. The number of aromatic nitrogens is 2. The minimum atomic E-state index is -0.673. The average Bonchev–Trinajstić information content (AvgIpc) is 2.70. The lowest BCUT2D eigenvalue weighted by Crippen LogP contribution is -2.62. The topological polar surface area (TPSA) is 75.6 Å². The van der Waals surface area contributed by atoms with Crippen molar-refractivity contribution in [1.29, 1.82) is 0 Å². The summed E-state index contributed by atoms with van der Waals surface area (Å²) < 4.78 is 19.6. The maximum absolute atomic E-state index is 13.7. The van der Waals surface area contributed by atoms with Crippen LogP contribution in [0.2, 0.25) is 0 Å². The summed E-state index contributed by atoms with van der Waals surface area (Å²) >= 11 is 0. The highest BCUT2D eigenvalue weighted by atomic mass is 19.1. The second kappa shape index (κ2) is 7.51. The Balaban J connectivity index is 1.56. The van der Waals surface area contributed by atoms with E-state index in [-0.39, 0.29) is 25.0 Å². The fourth-order valence-electron chi connectivity index (χ4n) is 4.08. The van der Waals surface area contributed by atoms with Gasteiger partial charge in [-0.2, -0.15) is 0 Å². The third-order valence-electron chi connectivity index (χ3n) is 5.53. The molecule has 2 aromatic rings. The van der Waals surface area contributed by atoms with Gasteiger partial charge in [-0.1, -0.05) is 6.07 Å². The van der Waals surface area contributed by atoms with Crippen LogP contribution in [0.4, 0.5) is 10.1 Å². The Morgan fingerprint density at radius 2 is 2.10 bits per heavy atom. The number of hydrogen-bond acceptors (Lipinski definition) is 5. The van der Waals surface area contributed by atoms with Crippen LogP contribution < -0.4 is 4.90 Å². The van der Waals surface area contributed by atoms with Crippen molar-refractivity contribution < 1.29 is 18.7 Å². The van der Waals surface area contributed by atoms with Gasteiger partial charge in [-0.3, -0.25) is 9.59 Å². The number of amides is 2. The highest BCUT2D eigenvalue weighted by Crippen LogP contribution is 2.32. The molecule has 0 radical (unpaired) electrons. The van der Waals surface area contributed by atoms with E-state index in [2.05, 4.69) is 9.97 Å². The third-order valence-corrected chi connectivity index (χ3v) is 5.53. The Kier molecular flexibility index (Phi) is 5.04. The Morgan fingerprint density at radius 3 is 2.86 bits per heavy atom. The molecular weight excluding hydrogens is 375 g/mol. The number of morpholine rings is 1. The number of hydrogen-bond donors (Lipinski definition) is 0. The lowest BCUT2D eigenvalue weighted by atomic mass is 9.90. The van der Waals surface area contributed by atoms with Gasteiger partial charge in [0, 0.05) is 18.4 Å². The predicted molar refractivity (Wildman–Crippen MR) is 104 cm³/mol. The number of anilines is 1. The number of aryl methyl sites for hydroxylation is 2. The Bertz CT molecular complexity index is 967. The number of rotatable bonds is 2. The summed E-state index contributed by atoms with van der Waals surface area (Å²) in [6.07, 6.45) is 3.04. The van der Waals surface area contributed by atoms with Crippen molar-refractivity contribution in [1.82, 2.24) is 14.9 Å². The summed E-state index contributed by atoms with van der Waals surface area (Å²) in [5.41, 5.74) is 0.946. The number of likely N-dealkylation sites (tertiary alicyclic amines) is 1. The van der Waals surface area contributed by atoms with Crippen molar-refractivity contribution in [2.75, 3.05) is 31.1 Å². The molecule has 1 aromatic heterocycles. The molecule has 8 heteroatoms. The quantitative estimate of drug-likeness (QED) is 0.776. The van der Waals surface area contributed by atoms with E-state index >= 15 is 0 Å². The van der Waals surface area contributed by atoms with Crippen molar-refractivity contribution in [3.63, 3.8) is 0 Å². The van der Waals surface area contributed by atoms with Gasteiger partial charge in [-0.05, 0) is 44.9 Å². The second-order valence-electron chi connectivity index (χ2n) is 7.68. The molecule has 2 fully saturated rings. The zero-order valence-electron chi connectivity index (χ0n) is 16.5. The number of benzene rings is 1. The predicted octanol–water partition coefficient (Wildman–Crippen LogP) is 2.27. The molecule has 4 rings (SSSR count). The number of piperidine rings is 1. The van der Waals surface area contributed by atoms with Crippen molar-refractivity contribution in [3.05, 3.63) is 53.4 Å². The monoisotopic (exact) mass is 398 g/mol. The zero-order chi connectivity index (χ0) is 20.6. The lowest BCUT2D eigenvalue weighted by molar-refractivity contribution is -0.144. The van der Waals surface area contributed by atoms with Crippen LogP contribution >= 0.6 is 0 Å². The highest BCUT2D eigenvalue weighted by molar-refractivity contribution is 5.96. The van der Waals surface area contributed by atoms with Gasteiger partial charge < -0.3 is 14.5 Å². The van der Waals surface area contributed by atoms with Crippen LogP contribution in [0.1, 0.15) is 34.7 Å². The van der Waals surface area contributed by atoms with E-state index in [1.807, 2.05) is 0 Å². The molecule has 1 spiro atoms. The Hall–Kier alpha value is -2.87. The molecule has 2 saturated heterocycles. The van der Waals surface area contributed by atoms with E-state index in [0.717, 1.165) is 12.8 Å². The van der Waals surface area contributed by atoms with Crippen LogP contribution in [0.15, 0.2) is 30.5 Å². The summed E-state index contributed by atoms with van der Waals surface area (Å²) in [4.78, 5) is 37.2. The summed E-state index contributed by atoms with van der Waals surface area (Å²) in [5, 5.41) is 0. The number of halogens is 1. The minimum Gasteiger partial charge on any atom is -0.361 e. The van der Waals surface area contributed by atoms with E-state index in [1.54, 1.807) is 42.0 Å². The zero-order valence-corrected chi connectivity index (χ0v) is 16.5. The molecule has 3 heterocycles. The first-order chi connectivity index (χ1) is 13.9. The number of carbonyl (C=O) groups is 2. The van der Waals surface area contributed by atoms with Gasteiger partial charge >= 0.3 is 0 Å². The molecule has 1 atom stereocenters. The van der Waals surface area contributed by atoms with Gasteiger partial charge in [0.15, 0.2) is 0 Å². The van der Waals surface area contributed by atoms with E-state index in [0.29, 0.717) is 35.9 Å². The van der Waals surface area contributed by atoms with Gasteiger partial charge in [0.25, 0.3) is 11.8 Å². The molecular formula is C21H23FN4O3. The maximum atomic E-state index is 13.7. The summed E-state index contributed by atoms with van der Waals surface area (Å²) in [6.45, 7) is 4.73. The van der Waals surface area contributed by atoms with Crippen molar-refractivity contribution >= 4 is 17.5 Å². The molecule has 2 aliphatic heterocycles. The average molecular weight is 398 g/mol. The van der Waals surface area contributed by atoms with Gasteiger partial charge in [0.2, 0.25) is 0 Å². The first-order valence-electron chi connectivity index (χ1n) is 9.66. The van der Waals surface area contributed by atoms with Crippen LogP contribution in [0, 0.1) is 19.7 Å². The molecule has 1 aromatic carbocycles. The van der Waals surface area contributed by atoms with Gasteiger partial charge in [0.05, 0.1) is 24.3 Å². The molecule has 2 aliphatic rings. The van der Waals surface area contributed by atoms with E-state index in [4.69, 9.17) is 4.74 Å². The summed E-state index contributed by atoms with van der Waals surface area (Å²) in [6, 6.07) is 5.97. The van der Waals surface area contributed by atoms with E-state index < -0.39 is 11.4 Å². The first-order valence-corrected chi connectivity index (χ1v) is 9.66. The lowest BCUT2D eigenvalue weighted by Gasteiger charge is -2.47. The summed E-state index contributed by atoms with van der Waals surface area (Å²) in [5.74, 6) is -0.132. The van der Waals surface area contributed by atoms with E-state index in [9.17, 15) is 14.0 Å². The van der Waals surface area contributed by atoms with Gasteiger partial charge in [0.1, 0.15) is 23.8 Å². The van der Waals surface area contributed by atoms with Gasteiger partial charge in [-0.15, -0.1) is 0 Å². The fourth-order valence-corrected chi connectivity index (χ4v) is 4.08. The second-order valence-corrected chi connectivity index (χ2v) is 7.68. The number of nitrogens with zero attached hydrogens (tertiary/aromatic N) is 4. The van der Waals surface area contributed by atoms with Crippen LogP contribution in [0.3, 0.4) is 0 Å². The number of carbonyl (C=O) groups excluding carboxylic acids is 2. The van der Waals surface area contributed by atoms with Crippen LogP contribution in [0.25, 0.3) is 0 Å². The standard InChI is InChI=1S/C21H23FN4O3/c1-14-18(10-23-15(2)24-14)20(28)25-8-4-7-21(12-25)13-26(19(27)11-29-21)17-6-3-5-16(22)9-17/h3,5-6,9-10H,4,7-8,11-13H2,1-2H3.